The quantitative estimate of drug-likeness (QED) is 0.613. The Kier molecular flexibility index (Phi) is 5.49. The lowest BCUT2D eigenvalue weighted by molar-refractivity contribution is 0.277. The Hall–Kier alpha value is -1.79. The molecule has 25 heavy (non-hydrogen) atoms. The normalized spacial score (nSPS) is 10.7. The van der Waals surface area contributed by atoms with E-state index >= 15 is 0 Å². The van der Waals surface area contributed by atoms with Gasteiger partial charge in [-0.1, -0.05) is 63.6 Å². The third-order valence-corrected chi connectivity index (χ3v) is 4.68. The van der Waals surface area contributed by atoms with Crippen LogP contribution in [0.5, 0.6) is 11.8 Å². The first kappa shape index (κ1) is 18.0. The summed E-state index contributed by atoms with van der Waals surface area (Å²) in [6, 6.07) is 8.36. The number of benzene rings is 2. The van der Waals surface area contributed by atoms with Crippen LogP contribution in [0, 0.1) is 0 Å². The Morgan fingerprint density at radius 2 is 1.68 bits per heavy atom. The van der Waals surface area contributed by atoms with E-state index in [0.717, 1.165) is 0 Å². The van der Waals surface area contributed by atoms with Crippen molar-refractivity contribution in [2.24, 2.45) is 0 Å². The molecule has 0 aliphatic carbocycles. The van der Waals surface area contributed by atoms with Crippen molar-refractivity contribution >= 4 is 46.4 Å². The van der Waals surface area contributed by atoms with Crippen LogP contribution in [0.25, 0.3) is 11.3 Å². The average molecular weight is 417 g/mol. The number of rotatable bonds is 4. The minimum absolute atomic E-state index is 0.0794. The van der Waals surface area contributed by atoms with E-state index in [4.69, 9.17) is 51.1 Å². The van der Waals surface area contributed by atoms with Gasteiger partial charge in [0.1, 0.15) is 12.3 Å². The smallest absolute Gasteiger partial charge is 0.336 e. The van der Waals surface area contributed by atoms with E-state index in [1.54, 1.807) is 18.2 Å². The van der Waals surface area contributed by atoms with Crippen LogP contribution in [0.15, 0.2) is 36.5 Å². The first-order chi connectivity index (χ1) is 12.0. The molecular formula is C16H9Cl4N3O2. The van der Waals surface area contributed by atoms with Gasteiger partial charge < -0.3 is 9.84 Å². The van der Waals surface area contributed by atoms with Crippen LogP contribution >= 0.6 is 46.4 Å². The number of ether oxygens (including phenoxy) is 1. The van der Waals surface area contributed by atoms with Crippen LogP contribution in [0.1, 0.15) is 5.56 Å². The number of hydrogen-bond acceptors (Lipinski definition) is 5. The molecule has 0 unspecified atom stereocenters. The summed E-state index contributed by atoms with van der Waals surface area (Å²) in [7, 11) is 0. The molecule has 9 heteroatoms. The van der Waals surface area contributed by atoms with Crippen molar-refractivity contribution in [2.45, 2.75) is 6.61 Å². The average Bonchev–Trinajstić information content (AvgIpc) is 2.61. The molecule has 2 aromatic carbocycles. The highest BCUT2D eigenvalue weighted by Gasteiger charge is 2.11. The van der Waals surface area contributed by atoms with Crippen molar-refractivity contribution in [2.75, 3.05) is 0 Å². The molecule has 0 radical (unpaired) electrons. The van der Waals surface area contributed by atoms with Crippen LogP contribution in [0.3, 0.4) is 0 Å². The molecule has 0 spiro atoms. The fraction of sp³-hybridized carbons (Fsp3) is 0.0625. The Labute approximate surface area is 163 Å². The Balaban J connectivity index is 1.75. The number of halogens is 4. The summed E-state index contributed by atoms with van der Waals surface area (Å²) in [5, 5.41) is 18.6. The Morgan fingerprint density at radius 1 is 0.960 bits per heavy atom. The van der Waals surface area contributed by atoms with E-state index in [0.29, 0.717) is 26.9 Å². The molecule has 0 fully saturated rings. The van der Waals surface area contributed by atoms with E-state index in [1.807, 2.05) is 0 Å². The highest BCUT2D eigenvalue weighted by molar-refractivity contribution is 6.42. The number of phenols is 1. The van der Waals surface area contributed by atoms with Gasteiger partial charge >= 0.3 is 6.01 Å². The van der Waals surface area contributed by atoms with Crippen LogP contribution < -0.4 is 4.74 Å². The molecule has 128 valence electrons. The number of phenolic OH excluding ortho intramolecular Hbond substituents is 1. The van der Waals surface area contributed by atoms with Gasteiger partial charge in [0, 0.05) is 11.1 Å². The van der Waals surface area contributed by atoms with Gasteiger partial charge in [0.25, 0.3) is 0 Å². The van der Waals surface area contributed by atoms with Gasteiger partial charge in [-0.05, 0) is 18.2 Å². The maximum atomic E-state index is 9.59. The zero-order chi connectivity index (χ0) is 18.0. The summed E-state index contributed by atoms with van der Waals surface area (Å²) in [4.78, 5) is 4.08. The maximum Gasteiger partial charge on any atom is 0.336 e. The fourth-order valence-corrected chi connectivity index (χ4v) is 2.84. The molecule has 1 aromatic heterocycles. The second-order valence-corrected chi connectivity index (χ2v) is 6.52. The molecule has 3 aromatic rings. The Bertz CT molecular complexity index is 897. The topological polar surface area (TPSA) is 68.1 Å². The third-order valence-electron chi connectivity index (χ3n) is 3.24. The predicted molar refractivity (Wildman–Crippen MR) is 97.7 cm³/mol. The lowest BCUT2D eigenvalue weighted by atomic mass is 10.1. The van der Waals surface area contributed by atoms with Crippen molar-refractivity contribution in [3.63, 3.8) is 0 Å². The monoisotopic (exact) mass is 415 g/mol. The van der Waals surface area contributed by atoms with Crippen LogP contribution in [-0.4, -0.2) is 20.3 Å². The molecule has 0 aliphatic rings. The Morgan fingerprint density at radius 3 is 2.32 bits per heavy atom. The van der Waals surface area contributed by atoms with Gasteiger partial charge in [0.05, 0.1) is 26.3 Å². The molecule has 0 amide bonds. The highest BCUT2D eigenvalue weighted by Crippen LogP contribution is 2.35. The van der Waals surface area contributed by atoms with Gasteiger partial charge in [-0.2, -0.15) is 0 Å². The largest absolute Gasteiger partial charge is 0.505 e. The van der Waals surface area contributed by atoms with E-state index in [2.05, 4.69) is 15.2 Å². The summed E-state index contributed by atoms with van der Waals surface area (Å²) in [6.45, 7) is 0.150. The number of aromatic nitrogens is 3. The van der Waals surface area contributed by atoms with Gasteiger partial charge in [0.2, 0.25) is 0 Å². The van der Waals surface area contributed by atoms with E-state index in [9.17, 15) is 5.11 Å². The van der Waals surface area contributed by atoms with Crippen molar-refractivity contribution < 1.29 is 9.84 Å². The lowest BCUT2D eigenvalue weighted by Crippen LogP contribution is -2.02. The first-order valence-corrected chi connectivity index (χ1v) is 8.40. The predicted octanol–water partition coefficient (Wildman–Crippen LogP) is 5.44. The van der Waals surface area contributed by atoms with Crippen molar-refractivity contribution in [3.8, 4) is 23.0 Å². The van der Waals surface area contributed by atoms with Crippen LogP contribution in [-0.2, 0) is 6.61 Å². The van der Waals surface area contributed by atoms with Crippen molar-refractivity contribution in [3.05, 3.63) is 62.2 Å². The zero-order valence-corrected chi connectivity index (χ0v) is 15.4. The highest BCUT2D eigenvalue weighted by atomic mass is 35.5. The lowest BCUT2D eigenvalue weighted by Gasteiger charge is -2.08. The minimum atomic E-state index is -0.189. The summed E-state index contributed by atoms with van der Waals surface area (Å²) < 4.78 is 5.47. The van der Waals surface area contributed by atoms with E-state index < -0.39 is 0 Å². The van der Waals surface area contributed by atoms with Gasteiger partial charge in [-0.3, -0.25) is 0 Å². The molecule has 0 atom stereocenters. The number of aromatic hydroxyl groups is 1. The molecule has 1 N–H and O–H groups in total. The standard InChI is InChI=1S/C16H9Cl4N3O2/c17-10-3-1-2-8(14(10)20)7-25-16-21-6-13(22-23-16)9-4-11(18)15(24)12(19)5-9/h1-6,24H,7H2. The summed E-state index contributed by atoms with van der Waals surface area (Å²) in [5.74, 6) is -0.189. The second kappa shape index (κ2) is 7.62. The molecule has 1 heterocycles. The van der Waals surface area contributed by atoms with E-state index in [-0.39, 0.29) is 28.4 Å². The van der Waals surface area contributed by atoms with E-state index in [1.165, 1.54) is 18.3 Å². The maximum absolute atomic E-state index is 9.59. The molecule has 3 rings (SSSR count). The molecular weight excluding hydrogens is 408 g/mol. The van der Waals surface area contributed by atoms with Crippen molar-refractivity contribution in [1.29, 1.82) is 0 Å². The number of hydrogen-bond donors (Lipinski definition) is 1. The minimum Gasteiger partial charge on any atom is -0.505 e. The van der Waals surface area contributed by atoms with Crippen LogP contribution in [0.4, 0.5) is 0 Å². The third kappa shape index (κ3) is 4.07. The summed E-state index contributed by atoms with van der Waals surface area (Å²) in [5.41, 5.74) is 1.70. The first-order valence-electron chi connectivity index (χ1n) is 6.89. The fourth-order valence-electron chi connectivity index (χ4n) is 1.98. The van der Waals surface area contributed by atoms with Gasteiger partial charge in [-0.25, -0.2) is 4.98 Å². The van der Waals surface area contributed by atoms with Gasteiger partial charge in [0.15, 0.2) is 5.75 Å². The second-order valence-electron chi connectivity index (χ2n) is 4.92. The van der Waals surface area contributed by atoms with Gasteiger partial charge in [-0.15, -0.1) is 5.10 Å². The molecule has 0 aliphatic heterocycles. The molecule has 0 saturated carbocycles. The molecule has 0 saturated heterocycles. The number of nitrogens with zero attached hydrogens (tertiary/aromatic N) is 3. The van der Waals surface area contributed by atoms with Crippen LogP contribution in [0.2, 0.25) is 20.1 Å². The molecule has 5 nitrogen and oxygen atoms in total. The summed E-state index contributed by atoms with van der Waals surface area (Å²) in [6.07, 6.45) is 1.46. The summed E-state index contributed by atoms with van der Waals surface area (Å²) >= 11 is 23.8. The molecule has 0 bridgehead atoms. The zero-order valence-electron chi connectivity index (χ0n) is 12.4. The van der Waals surface area contributed by atoms with Crippen molar-refractivity contribution in [1.82, 2.24) is 15.2 Å². The SMILES string of the molecule is Oc1c(Cl)cc(-c2cnc(OCc3cccc(Cl)c3Cl)nn2)cc1Cl.